The van der Waals surface area contributed by atoms with E-state index in [9.17, 15) is 5.11 Å². The molecule has 1 unspecified atom stereocenters. The van der Waals surface area contributed by atoms with Gasteiger partial charge in [0, 0.05) is 18.7 Å². The van der Waals surface area contributed by atoms with Crippen molar-refractivity contribution in [3.63, 3.8) is 0 Å². The molecule has 27 heavy (non-hydrogen) atoms. The van der Waals surface area contributed by atoms with E-state index < -0.39 is 6.10 Å². The summed E-state index contributed by atoms with van der Waals surface area (Å²) in [5.74, 6) is 1.74. The highest BCUT2D eigenvalue weighted by atomic mass is 16.5. The normalized spacial score (nSPS) is 11.7. The van der Waals surface area contributed by atoms with Crippen molar-refractivity contribution in [2.75, 3.05) is 32.7 Å². The molecule has 3 rings (SSSR count). The number of nitrogens with zero attached hydrogens (tertiary/aromatic N) is 4. The van der Waals surface area contributed by atoms with E-state index in [1.165, 1.54) is 0 Å². The summed E-state index contributed by atoms with van der Waals surface area (Å²) in [5, 5.41) is 18.6. The van der Waals surface area contributed by atoms with E-state index >= 15 is 0 Å². The van der Waals surface area contributed by atoms with Crippen molar-refractivity contribution < 1.29 is 14.6 Å². The topological polar surface area (TPSA) is 80.6 Å². The molecule has 0 saturated carbocycles. The van der Waals surface area contributed by atoms with Gasteiger partial charge in [0.25, 0.3) is 0 Å². The van der Waals surface area contributed by atoms with Gasteiger partial charge in [-0.1, -0.05) is 30.3 Å². The Kier molecular flexibility index (Phi) is 5.83. The summed E-state index contributed by atoms with van der Waals surface area (Å²) < 4.78 is 10.7. The Morgan fingerprint density at radius 3 is 2.56 bits per heavy atom. The van der Waals surface area contributed by atoms with E-state index in [-0.39, 0.29) is 0 Å². The number of hydrogen-bond donors (Lipinski definition) is 1. The number of methoxy groups -OCH3 is 2. The predicted molar refractivity (Wildman–Crippen MR) is 103 cm³/mol. The van der Waals surface area contributed by atoms with Gasteiger partial charge in [0.2, 0.25) is 5.95 Å². The Morgan fingerprint density at radius 2 is 1.85 bits per heavy atom. The molecule has 0 amide bonds. The van der Waals surface area contributed by atoms with Gasteiger partial charge in [-0.2, -0.15) is 5.10 Å². The van der Waals surface area contributed by atoms with E-state index in [1.807, 2.05) is 49.5 Å². The number of rotatable bonds is 7. The van der Waals surface area contributed by atoms with Gasteiger partial charge in [-0.3, -0.25) is 0 Å². The zero-order valence-electron chi connectivity index (χ0n) is 15.5. The standard InChI is InChI=1S/C20H22N4O3/c1-24(13-18(25)14-7-5-4-6-8-14)20-22-17(12-21-23-20)16-10-9-15(26-2)11-19(16)27-3/h4-12,18,25H,13H2,1-3H3. The monoisotopic (exact) mass is 366 g/mol. The van der Waals surface area contributed by atoms with Gasteiger partial charge < -0.3 is 19.5 Å². The lowest BCUT2D eigenvalue weighted by Crippen LogP contribution is -2.26. The third-order valence-corrected chi connectivity index (χ3v) is 4.20. The second-order valence-corrected chi connectivity index (χ2v) is 6.01. The molecule has 0 bridgehead atoms. The second kappa shape index (κ2) is 8.46. The van der Waals surface area contributed by atoms with Crippen LogP contribution < -0.4 is 14.4 Å². The van der Waals surface area contributed by atoms with E-state index in [2.05, 4.69) is 15.2 Å². The van der Waals surface area contributed by atoms with Crippen LogP contribution in [-0.4, -0.2) is 48.1 Å². The van der Waals surface area contributed by atoms with Crippen LogP contribution in [0.25, 0.3) is 11.3 Å². The van der Waals surface area contributed by atoms with Crippen LogP contribution in [0.15, 0.2) is 54.7 Å². The summed E-state index contributed by atoms with van der Waals surface area (Å²) in [6, 6.07) is 15.0. The number of likely N-dealkylation sites (N-methyl/N-ethyl adjacent to an activating group) is 1. The van der Waals surface area contributed by atoms with Crippen LogP contribution in [0.5, 0.6) is 11.5 Å². The molecule has 0 aliphatic rings. The average Bonchev–Trinajstić information content (AvgIpc) is 2.73. The van der Waals surface area contributed by atoms with E-state index in [1.54, 1.807) is 31.4 Å². The molecule has 0 saturated heterocycles. The number of ether oxygens (including phenoxy) is 2. The van der Waals surface area contributed by atoms with E-state index in [0.717, 1.165) is 11.1 Å². The quantitative estimate of drug-likeness (QED) is 0.688. The maximum absolute atomic E-state index is 10.4. The van der Waals surface area contributed by atoms with Crippen molar-refractivity contribution in [2.45, 2.75) is 6.10 Å². The first-order chi connectivity index (χ1) is 13.1. The van der Waals surface area contributed by atoms with Gasteiger partial charge in [-0.15, -0.1) is 5.10 Å². The Labute approximate surface area is 158 Å². The molecular weight excluding hydrogens is 344 g/mol. The number of aromatic nitrogens is 3. The number of aliphatic hydroxyl groups excluding tert-OH is 1. The van der Waals surface area contributed by atoms with Crippen molar-refractivity contribution in [1.29, 1.82) is 0 Å². The molecular formula is C20H22N4O3. The van der Waals surface area contributed by atoms with Gasteiger partial charge >= 0.3 is 0 Å². The summed E-state index contributed by atoms with van der Waals surface area (Å²) >= 11 is 0. The molecule has 0 aliphatic heterocycles. The zero-order valence-corrected chi connectivity index (χ0v) is 15.5. The molecule has 1 atom stereocenters. The summed E-state index contributed by atoms with van der Waals surface area (Å²) in [4.78, 5) is 6.34. The molecule has 2 aromatic carbocycles. The summed E-state index contributed by atoms with van der Waals surface area (Å²) in [6.07, 6.45) is 0.925. The Morgan fingerprint density at radius 1 is 1.07 bits per heavy atom. The van der Waals surface area contributed by atoms with Crippen molar-refractivity contribution >= 4 is 5.95 Å². The lowest BCUT2D eigenvalue weighted by molar-refractivity contribution is 0.184. The summed E-state index contributed by atoms with van der Waals surface area (Å²) in [7, 11) is 5.01. The smallest absolute Gasteiger partial charge is 0.245 e. The molecule has 1 heterocycles. The molecule has 140 valence electrons. The van der Waals surface area contributed by atoms with Gasteiger partial charge in [-0.25, -0.2) is 4.98 Å². The number of hydrogen-bond acceptors (Lipinski definition) is 7. The minimum absolute atomic E-state index is 0.342. The third kappa shape index (κ3) is 4.32. The molecule has 0 fully saturated rings. The molecule has 1 aromatic heterocycles. The van der Waals surface area contributed by atoms with Gasteiger partial charge in [0.1, 0.15) is 11.5 Å². The van der Waals surface area contributed by atoms with E-state index in [4.69, 9.17) is 9.47 Å². The van der Waals surface area contributed by atoms with Crippen LogP contribution in [0.4, 0.5) is 5.95 Å². The van der Waals surface area contributed by atoms with Gasteiger partial charge in [0.05, 0.1) is 38.8 Å². The van der Waals surface area contributed by atoms with Crippen LogP contribution in [0, 0.1) is 0 Å². The molecule has 0 radical (unpaired) electrons. The van der Waals surface area contributed by atoms with Crippen LogP contribution >= 0.6 is 0 Å². The minimum atomic E-state index is -0.654. The molecule has 7 heteroatoms. The highest BCUT2D eigenvalue weighted by Gasteiger charge is 2.15. The highest BCUT2D eigenvalue weighted by molar-refractivity contribution is 5.68. The molecule has 7 nitrogen and oxygen atoms in total. The SMILES string of the molecule is COc1ccc(-c2cnnc(N(C)CC(O)c3ccccc3)n2)c(OC)c1. The molecule has 0 spiro atoms. The minimum Gasteiger partial charge on any atom is -0.497 e. The van der Waals surface area contributed by atoms with Gasteiger partial charge in [-0.05, 0) is 17.7 Å². The maximum Gasteiger partial charge on any atom is 0.245 e. The van der Waals surface area contributed by atoms with Crippen LogP contribution in [0.2, 0.25) is 0 Å². The van der Waals surface area contributed by atoms with Crippen molar-refractivity contribution in [3.05, 3.63) is 60.3 Å². The Bertz CT molecular complexity index is 889. The highest BCUT2D eigenvalue weighted by Crippen LogP contribution is 2.32. The fourth-order valence-corrected chi connectivity index (χ4v) is 2.72. The van der Waals surface area contributed by atoms with Crippen molar-refractivity contribution in [3.8, 4) is 22.8 Å². The van der Waals surface area contributed by atoms with E-state index in [0.29, 0.717) is 29.7 Å². The van der Waals surface area contributed by atoms with Gasteiger partial charge in [0.15, 0.2) is 0 Å². The fourth-order valence-electron chi connectivity index (χ4n) is 2.72. The largest absolute Gasteiger partial charge is 0.497 e. The number of aliphatic hydroxyl groups is 1. The predicted octanol–water partition coefficient (Wildman–Crippen LogP) is 2.73. The average molecular weight is 366 g/mol. The second-order valence-electron chi connectivity index (χ2n) is 6.01. The maximum atomic E-state index is 10.4. The Hall–Kier alpha value is -3.19. The first-order valence-corrected chi connectivity index (χ1v) is 8.48. The van der Waals surface area contributed by atoms with Crippen LogP contribution in [0.3, 0.4) is 0 Å². The molecule has 3 aromatic rings. The lowest BCUT2D eigenvalue weighted by atomic mass is 10.1. The molecule has 0 aliphatic carbocycles. The van der Waals surface area contributed by atoms with Crippen molar-refractivity contribution in [2.24, 2.45) is 0 Å². The number of anilines is 1. The first-order valence-electron chi connectivity index (χ1n) is 8.48. The third-order valence-electron chi connectivity index (χ3n) is 4.20. The summed E-state index contributed by atoms with van der Waals surface area (Å²) in [5.41, 5.74) is 2.25. The zero-order chi connectivity index (χ0) is 19.2. The van der Waals surface area contributed by atoms with Crippen LogP contribution in [-0.2, 0) is 0 Å². The summed E-state index contributed by atoms with van der Waals surface area (Å²) in [6.45, 7) is 0.342. The van der Waals surface area contributed by atoms with Crippen molar-refractivity contribution in [1.82, 2.24) is 15.2 Å². The number of benzene rings is 2. The fraction of sp³-hybridized carbons (Fsp3) is 0.250. The molecule has 1 N–H and O–H groups in total. The first kappa shape index (κ1) is 18.6. The lowest BCUT2D eigenvalue weighted by Gasteiger charge is -2.21. The van der Waals surface area contributed by atoms with Crippen LogP contribution in [0.1, 0.15) is 11.7 Å². The Balaban J connectivity index is 1.83.